The molecule has 0 aromatic heterocycles. The van der Waals surface area contributed by atoms with Crippen molar-refractivity contribution in [1.29, 1.82) is 5.26 Å². The van der Waals surface area contributed by atoms with Gasteiger partial charge in [-0.2, -0.15) is 5.26 Å². The Balaban J connectivity index is 1.20. The van der Waals surface area contributed by atoms with Crippen molar-refractivity contribution in [3.8, 4) is 11.8 Å². The van der Waals surface area contributed by atoms with Gasteiger partial charge >= 0.3 is 0 Å². The molecule has 0 saturated carbocycles. The SMILES string of the molecule is C[C@H](COc1ccc(C2(S(C)(=O)=O)COC2)cc1)N1CCC2(CC1)C(=O)Nc1ccc(C#N)cc12. The molecule has 3 aliphatic heterocycles. The van der Waals surface area contributed by atoms with Gasteiger partial charge in [0.05, 0.1) is 30.3 Å². The maximum atomic E-state index is 12.9. The number of ether oxygens (including phenoxy) is 2. The molecule has 5 rings (SSSR count). The molecule has 2 aromatic rings. The van der Waals surface area contributed by atoms with Crippen molar-refractivity contribution in [3.63, 3.8) is 0 Å². The molecule has 2 aromatic carbocycles. The topological polar surface area (TPSA) is 109 Å². The highest BCUT2D eigenvalue weighted by molar-refractivity contribution is 7.91. The van der Waals surface area contributed by atoms with Crippen molar-refractivity contribution in [3.05, 3.63) is 59.2 Å². The third kappa shape index (κ3) is 3.90. The molecule has 8 nitrogen and oxygen atoms in total. The van der Waals surface area contributed by atoms with Crippen LogP contribution in [-0.2, 0) is 29.5 Å². The minimum absolute atomic E-state index is 0.0231. The van der Waals surface area contributed by atoms with Crippen molar-refractivity contribution in [2.24, 2.45) is 0 Å². The molecule has 0 bridgehead atoms. The lowest BCUT2D eigenvalue weighted by molar-refractivity contribution is -0.122. The summed E-state index contributed by atoms with van der Waals surface area (Å²) in [5.41, 5.74) is 2.47. The Labute approximate surface area is 205 Å². The molecule has 0 unspecified atom stereocenters. The average Bonchev–Trinajstić information content (AvgIpc) is 3.07. The van der Waals surface area contributed by atoms with Crippen LogP contribution in [0.15, 0.2) is 42.5 Å². The monoisotopic (exact) mass is 495 g/mol. The van der Waals surface area contributed by atoms with E-state index in [1.807, 2.05) is 24.3 Å². The van der Waals surface area contributed by atoms with Crippen LogP contribution in [0, 0.1) is 11.3 Å². The average molecular weight is 496 g/mol. The molecule has 1 N–H and O–H groups in total. The summed E-state index contributed by atoms with van der Waals surface area (Å²) in [5.74, 6) is 0.709. The van der Waals surface area contributed by atoms with E-state index in [1.54, 1.807) is 18.2 Å². The van der Waals surface area contributed by atoms with E-state index in [0.29, 0.717) is 30.8 Å². The highest BCUT2D eigenvalue weighted by atomic mass is 32.2. The van der Waals surface area contributed by atoms with Crippen molar-refractivity contribution in [2.75, 3.05) is 44.5 Å². The number of likely N-dealkylation sites (tertiary alicyclic amines) is 1. The molecule has 1 amide bonds. The number of carbonyl (C=O) groups is 1. The van der Waals surface area contributed by atoms with E-state index in [1.165, 1.54) is 6.26 Å². The lowest BCUT2D eigenvalue weighted by Gasteiger charge is -2.40. The third-order valence-electron chi connectivity index (χ3n) is 7.87. The van der Waals surface area contributed by atoms with Gasteiger partial charge in [-0.15, -0.1) is 0 Å². The Morgan fingerprint density at radius 1 is 1.17 bits per heavy atom. The number of nitrogens with one attached hydrogen (secondary N) is 1. The zero-order valence-electron chi connectivity index (χ0n) is 19.9. The molecule has 0 aliphatic carbocycles. The van der Waals surface area contributed by atoms with Gasteiger partial charge < -0.3 is 14.8 Å². The van der Waals surface area contributed by atoms with E-state index in [9.17, 15) is 18.5 Å². The predicted molar refractivity (Wildman–Crippen MR) is 131 cm³/mol. The Bertz CT molecular complexity index is 1290. The second kappa shape index (κ2) is 8.63. The van der Waals surface area contributed by atoms with Crippen LogP contribution < -0.4 is 10.1 Å². The first kappa shape index (κ1) is 23.8. The molecule has 35 heavy (non-hydrogen) atoms. The fourth-order valence-corrected chi connectivity index (χ4v) is 6.54. The first-order chi connectivity index (χ1) is 16.7. The minimum atomic E-state index is -3.29. The Morgan fingerprint density at radius 3 is 2.43 bits per heavy atom. The zero-order valence-corrected chi connectivity index (χ0v) is 20.7. The van der Waals surface area contributed by atoms with Crippen LogP contribution in [0.5, 0.6) is 5.75 Å². The zero-order chi connectivity index (χ0) is 24.8. The second-order valence-corrected chi connectivity index (χ2v) is 12.2. The van der Waals surface area contributed by atoms with Crippen LogP contribution in [0.1, 0.15) is 36.5 Å². The van der Waals surface area contributed by atoms with Crippen LogP contribution in [0.4, 0.5) is 5.69 Å². The molecule has 3 heterocycles. The second-order valence-electron chi connectivity index (χ2n) is 9.89. The van der Waals surface area contributed by atoms with E-state index in [0.717, 1.165) is 29.9 Å². The number of sulfone groups is 1. The molecule has 184 valence electrons. The summed E-state index contributed by atoms with van der Waals surface area (Å²) in [6, 6.07) is 15.0. The number of nitrogens with zero attached hydrogens (tertiary/aromatic N) is 2. The van der Waals surface area contributed by atoms with Crippen molar-refractivity contribution >= 4 is 21.4 Å². The van der Waals surface area contributed by atoms with E-state index in [4.69, 9.17) is 9.47 Å². The van der Waals surface area contributed by atoms with Gasteiger partial charge in [-0.3, -0.25) is 9.69 Å². The summed E-state index contributed by atoms with van der Waals surface area (Å²) < 4.78 is 34.8. The third-order valence-corrected chi connectivity index (χ3v) is 9.76. The van der Waals surface area contributed by atoms with Crippen molar-refractivity contribution < 1.29 is 22.7 Å². The summed E-state index contributed by atoms with van der Waals surface area (Å²) in [4.78, 5) is 15.2. The number of amides is 1. The largest absolute Gasteiger partial charge is 0.492 e. The number of rotatable bonds is 6. The van der Waals surface area contributed by atoms with Gasteiger partial charge in [-0.25, -0.2) is 8.42 Å². The number of fused-ring (bicyclic) bond motifs is 2. The number of nitriles is 1. The molecule has 2 saturated heterocycles. The van der Waals surface area contributed by atoms with Crippen LogP contribution in [0.25, 0.3) is 0 Å². The fourth-order valence-electron chi connectivity index (χ4n) is 5.39. The van der Waals surface area contributed by atoms with Crippen LogP contribution in [-0.4, -0.2) is 64.4 Å². The first-order valence-corrected chi connectivity index (χ1v) is 13.7. The normalized spacial score (nSPS) is 21.5. The van der Waals surface area contributed by atoms with Crippen molar-refractivity contribution in [2.45, 2.75) is 36.0 Å². The number of hydrogen-bond acceptors (Lipinski definition) is 7. The lowest BCUT2D eigenvalue weighted by atomic mass is 9.73. The van der Waals surface area contributed by atoms with E-state index >= 15 is 0 Å². The predicted octanol–water partition coefficient (Wildman–Crippen LogP) is 2.58. The minimum Gasteiger partial charge on any atom is -0.492 e. The quantitative estimate of drug-likeness (QED) is 0.656. The Kier molecular flexibility index (Phi) is 5.86. The highest BCUT2D eigenvalue weighted by Gasteiger charge is 2.50. The molecule has 1 atom stereocenters. The van der Waals surface area contributed by atoms with E-state index < -0.39 is 20.0 Å². The van der Waals surface area contributed by atoms with Crippen LogP contribution in [0.2, 0.25) is 0 Å². The summed E-state index contributed by atoms with van der Waals surface area (Å²) in [5, 5.41) is 12.3. The molecule has 2 fully saturated rings. The van der Waals surface area contributed by atoms with Crippen LogP contribution in [0.3, 0.4) is 0 Å². The van der Waals surface area contributed by atoms with Crippen molar-refractivity contribution in [1.82, 2.24) is 4.90 Å². The number of anilines is 1. The summed E-state index contributed by atoms with van der Waals surface area (Å²) >= 11 is 0. The van der Waals surface area contributed by atoms with Gasteiger partial charge in [-0.1, -0.05) is 12.1 Å². The first-order valence-electron chi connectivity index (χ1n) is 11.8. The standard InChI is InChI=1S/C26H29N3O5S/c1-18(15-34-21-6-4-20(5-7-21)26(16-33-17-26)35(2,31)32)29-11-9-25(10-12-29)22-13-19(14-27)3-8-23(22)28-24(25)30/h3-8,13,18H,9-12,15-17H2,1-2H3,(H,28,30)/t18-/m1/s1. The highest BCUT2D eigenvalue weighted by Crippen LogP contribution is 2.45. The molecular formula is C26H29N3O5S. The van der Waals surface area contributed by atoms with E-state index in [2.05, 4.69) is 23.2 Å². The summed E-state index contributed by atoms with van der Waals surface area (Å²) in [6.07, 6.45) is 2.63. The lowest BCUT2D eigenvalue weighted by Crippen LogP contribution is -2.52. The Hall–Kier alpha value is -2.93. The van der Waals surface area contributed by atoms with E-state index in [-0.39, 0.29) is 25.2 Å². The smallest absolute Gasteiger partial charge is 0.235 e. The number of benzene rings is 2. The molecule has 0 radical (unpaired) electrons. The molecule has 9 heteroatoms. The maximum absolute atomic E-state index is 12.9. The van der Waals surface area contributed by atoms with Gasteiger partial charge in [0, 0.05) is 18.0 Å². The maximum Gasteiger partial charge on any atom is 0.235 e. The Morgan fingerprint density at radius 2 is 1.86 bits per heavy atom. The fraction of sp³-hybridized carbons (Fsp3) is 0.462. The number of carbonyl (C=O) groups excluding carboxylic acids is 1. The van der Waals surface area contributed by atoms with Crippen LogP contribution >= 0.6 is 0 Å². The van der Waals surface area contributed by atoms with Gasteiger partial charge in [0.1, 0.15) is 17.1 Å². The molecule has 3 aliphatic rings. The number of piperidine rings is 1. The molecule has 1 spiro atoms. The summed E-state index contributed by atoms with van der Waals surface area (Å²) in [7, 11) is -3.29. The van der Waals surface area contributed by atoms with Gasteiger partial charge in [0.25, 0.3) is 0 Å². The van der Waals surface area contributed by atoms with Gasteiger partial charge in [0.15, 0.2) is 9.84 Å². The van der Waals surface area contributed by atoms with Gasteiger partial charge in [0.2, 0.25) is 5.91 Å². The number of hydrogen-bond donors (Lipinski definition) is 1. The molecular weight excluding hydrogens is 466 g/mol. The van der Waals surface area contributed by atoms with Gasteiger partial charge in [-0.05, 0) is 74.3 Å². The summed E-state index contributed by atoms with van der Waals surface area (Å²) in [6.45, 7) is 4.45.